The third-order valence-electron chi connectivity index (χ3n) is 2.61. The maximum absolute atomic E-state index is 11.8. The van der Waals surface area contributed by atoms with Gasteiger partial charge in [0, 0.05) is 30.6 Å². The first-order valence-corrected chi connectivity index (χ1v) is 6.25. The molecule has 1 amide bonds. The van der Waals surface area contributed by atoms with Crippen LogP contribution in [0.25, 0.3) is 10.4 Å². The van der Waals surface area contributed by atoms with E-state index in [2.05, 4.69) is 20.0 Å². The molecule has 1 aromatic heterocycles. The van der Waals surface area contributed by atoms with E-state index in [-0.39, 0.29) is 29.9 Å². The van der Waals surface area contributed by atoms with Crippen molar-refractivity contribution in [2.45, 2.75) is 6.42 Å². The lowest BCUT2D eigenvalue weighted by Crippen LogP contribution is -2.29. The van der Waals surface area contributed by atoms with E-state index in [0.29, 0.717) is 16.5 Å². The zero-order valence-electron chi connectivity index (χ0n) is 9.21. The maximum Gasteiger partial charge on any atom is 0.265 e. The Balaban J connectivity index is 2.18. The number of azide groups is 1. The molecule has 94 valence electrons. The van der Waals surface area contributed by atoms with Crippen LogP contribution in [0.3, 0.4) is 0 Å². The number of rotatable bonds is 3. The van der Waals surface area contributed by atoms with Gasteiger partial charge in [0.05, 0.1) is 3.57 Å². The van der Waals surface area contributed by atoms with Crippen molar-refractivity contribution in [3.05, 3.63) is 30.6 Å². The van der Waals surface area contributed by atoms with Crippen molar-refractivity contribution >= 4 is 34.4 Å². The Morgan fingerprint density at radius 3 is 3.11 bits per heavy atom. The number of nitrogens with zero attached hydrogens (tertiary/aromatic N) is 5. The first kappa shape index (κ1) is 12.8. The van der Waals surface area contributed by atoms with Crippen LogP contribution in [0.4, 0.5) is 5.95 Å². The number of amides is 1. The molecule has 0 saturated carbocycles. The van der Waals surface area contributed by atoms with E-state index in [4.69, 9.17) is 5.53 Å². The first-order valence-electron chi connectivity index (χ1n) is 5.18. The second-order valence-corrected chi connectivity index (χ2v) is 5.03. The van der Waals surface area contributed by atoms with Crippen molar-refractivity contribution in [2.75, 3.05) is 18.0 Å². The lowest BCUT2D eigenvalue weighted by molar-refractivity contribution is -0.117. The van der Waals surface area contributed by atoms with Gasteiger partial charge in [-0.15, -0.1) is 0 Å². The number of nitrogens with one attached hydrogen (secondary N) is 1. The lowest BCUT2D eigenvalue weighted by atomic mass is 10.1. The van der Waals surface area contributed by atoms with Crippen LogP contribution in [0.2, 0.25) is 0 Å². The number of aromatic amines is 1. The van der Waals surface area contributed by atoms with Crippen LogP contribution in [-0.2, 0) is 4.79 Å². The van der Waals surface area contributed by atoms with Crippen molar-refractivity contribution in [1.29, 1.82) is 0 Å². The third kappa shape index (κ3) is 2.62. The van der Waals surface area contributed by atoms with Crippen LogP contribution in [0.15, 0.2) is 16.1 Å². The third-order valence-corrected chi connectivity index (χ3v) is 3.37. The zero-order chi connectivity index (χ0) is 13.1. The number of carbonyl (C=O) groups is 1. The monoisotopic (exact) mass is 360 g/mol. The molecule has 0 bridgehead atoms. The van der Waals surface area contributed by atoms with Crippen molar-refractivity contribution in [3.63, 3.8) is 0 Å². The average molecular weight is 360 g/mol. The molecule has 1 aromatic rings. The lowest BCUT2D eigenvalue weighted by Gasteiger charge is -2.14. The van der Waals surface area contributed by atoms with Crippen LogP contribution >= 0.6 is 22.6 Å². The summed E-state index contributed by atoms with van der Waals surface area (Å²) >= 11 is 1.87. The fourth-order valence-electron chi connectivity index (χ4n) is 1.77. The highest BCUT2D eigenvalue weighted by atomic mass is 127. The highest BCUT2D eigenvalue weighted by molar-refractivity contribution is 14.1. The van der Waals surface area contributed by atoms with Gasteiger partial charge >= 0.3 is 0 Å². The predicted molar refractivity (Wildman–Crippen MR) is 72.0 cm³/mol. The molecule has 0 aliphatic carbocycles. The van der Waals surface area contributed by atoms with Gasteiger partial charge in [-0.3, -0.25) is 19.5 Å². The second-order valence-electron chi connectivity index (χ2n) is 3.87. The van der Waals surface area contributed by atoms with E-state index < -0.39 is 0 Å². The molecule has 0 radical (unpaired) electrons. The SMILES string of the molecule is [N-]=[N+]=NCC1CC(=O)N(c2ncc(I)c(=O)[nH]2)C1. The number of aromatic nitrogens is 2. The van der Waals surface area contributed by atoms with E-state index in [1.807, 2.05) is 22.6 Å². The smallest absolute Gasteiger partial charge is 0.265 e. The van der Waals surface area contributed by atoms with Gasteiger partial charge in [0.2, 0.25) is 11.9 Å². The summed E-state index contributed by atoms with van der Waals surface area (Å²) in [6.07, 6.45) is 1.72. The Morgan fingerprint density at radius 1 is 1.67 bits per heavy atom. The Morgan fingerprint density at radius 2 is 2.44 bits per heavy atom. The molecule has 1 saturated heterocycles. The molecule has 8 nitrogen and oxygen atoms in total. The van der Waals surface area contributed by atoms with Gasteiger partial charge in [-0.25, -0.2) is 4.98 Å². The molecular formula is C9H9IN6O2. The number of hydrogen-bond acceptors (Lipinski definition) is 4. The Hall–Kier alpha value is -1.61. The summed E-state index contributed by atoms with van der Waals surface area (Å²) in [6, 6.07) is 0. The van der Waals surface area contributed by atoms with Gasteiger partial charge in [0.25, 0.3) is 5.56 Å². The summed E-state index contributed by atoms with van der Waals surface area (Å²) in [5.74, 6) is 0.0873. The normalized spacial score (nSPS) is 18.8. The highest BCUT2D eigenvalue weighted by Gasteiger charge is 2.31. The topological polar surface area (TPSA) is 115 Å². The molecule has 1 unspecified atom stereocenters. The maximum atomic E-state index is 11.8. The van der Waals surface area contributed by atoms with Gasteiger partial charge in [-0.05, 0) is 34.0 Å². The van der Waals surface area contributed by atoms with Crippen molar-refractivity contribution in [2.24, 2.45) is 11.0 Å². The van der Waals surface area contributed by atoms with E-state index >= 15 is 0 Å². The molecule has 1 aliphatic heterocycles. The molecule has 2 heterocycles. The molecule has 0 aromatic carbocycles. The van der Waals surface area contributed by atoms with Crippen molar-refractivity contribution in [3.8, 4) is 0 Å². The van der Waals surface area contributed by atoms with Gasteiger partial charge in [-0.2, -0.15) is 0 Å². The number of anilines is 1. The molecule has 9 heteroatoms. The van der Waals surface area contributed by atoms with Crippen LogP contribution in [0, 0.1) is 9.49 Å². The highest BCUT2D eigenvalue weighted by Crippen LogP contribution is 2.21. The van der Waals surface area contributed by atoms with E-state index in [1.165, 1.54) is 11.1 Å². The second kappa shape index (κ2) is 5.36. The number of hydrogen-bond donors (Lipinski definition) is 1. The molecule has 18 heavy (non-hydrogen) atoms. The van der Waals surface area contributed by atoms with Crippen LogP contribution < -0.4 is 10.5 Å². The average Bonchev–Trinajstić information content (AvgIpc) is 2.71. The van der Waals surface area contributed by atoms with E-state index in [0.717, 1.165) is 0 Å². The number of carbonyl (C=O) groups excluding carboxylic acids is 1. The summed E-state index contributed by atoms with van der Waals surface area (Å²) < 4.78 is 0.466. The predicted octanol–water partition coefficient (Wildman–Crippen LogP) is 1.04. The van der Waals surface area contributed by atoms with E-state index in [9.17, 15) is 9.59 Å². The van der Waals surface area contributed by atoms with Gasteiger partial charge in [-0.1, -0.05) is 5.11 Å². The Kier molecular flexibility index (Phi) is 3.82. The van der Waals surface area contributed by atoms with E-state index in [1.54, 1.807) is 0 Å². The summed E-state index contributed by atoms with van der Waals surface area (Å²) in [5, 5.41) is 3.46. The number of H-pyrrole nitrogens is 1. The van der Waals surface area contributed by atoms with Crippen molar-refractivity contribution in [1.82, 2.24) is 9.97 Å². The molecule has 0 spiro atoms. The molecular weight excluding hydrogens is 351 g/mol. The fraction of sp³-hybridized carbons (Fsp3) is 0.444. The minimum Gasteiger partial charge on any atom is -0.291 e. The largest absolute Gasteiger partial charge is 0.291 e. The van der Waals surface area contributed by atoms with Gasteiger partial charge in [0.1, 0.15) is 0 Å². The van der Waals surface area contributed by atoms with Crippen LogP contribution in [-0.4, -0.2) is 29.0 Å². The summed E-state index contributed by atoms with van der Waals surface area (Å²) in [5.41, 5.74) is 7.97. The summed E-state index contributed by atoms with van der Waals surface area (Å²) in [4.78, 5) is 33.9. The minimum absolute atomic E-state index is 0.0296. The van der Waals surface area contributed by atoms with Crippen LogP contribution in [0.5, 0.6) is 0 Å². The Labute approximate surface area is 115 Å². The quantitative estimate of drug-likeness (QED) is 0.376. The first-order chi connectivity index (χ1) is 8.61. The Bertz CT molecular complexity index is 579. The molecule has 1 aliphatic rings. The minimum atomic E-state index is -0.271. The standard InChI is InChI=1S/C9H9IN6O2/c10-6-3-12-9(14-8(6)18)16-4-5(1-7(16)17)2-13-15-11/h3,5H,1-2,4H2,(H,12,14,18). The van der Waals surface area contributed by atoms with Gasteiger partial charge < -0.3 is 0 Å². The number of halogens is 1. The zero-order valence-corrected chi connectivity index (χ0v) is 11.4. The molecule has 1 atom stereocenters. The molecule has 1 fully saturated rings. The summed E-state index contributed by atoms with van der Waals surface area (Å²) in [7, 11) is 0. The van der Waals surface area contributed by atoms with Gasteiger partial charge in [0.15, 0.2) is 0 Å². The fourth-order valence-corrected chi connectivity index (χ4v) is 2.04. The van der Waals surface area contributed by atoms with Crippen molar-refractivity contribution < 1.29 is 4.79 Å². The summed E-state index contributed by atoms with van der Waals surface area (Å²) in [6.45, 7) is 0.675. The van der Waals surface area contributed by atoms with Crippen LogP contribution in [0.1, 0.15) is 6.42 Å². The molecule has 1 N–H and O–H groups in total. The molecule has 2 rings (SSSR count).